The molecule has 4 heteroatoms. The highest BCUT2D eigenvalue weighted by molar-refractivity contribution is 7.87. The first-order valence-electron chi connectivity index (χ1n) is 8.16. The van der Waals surface area contributed by atoms with Gasteiger partial charge in [-0.1, -0.05) is 58.9 Å². The Labute approximate surface area is 145 Å². The normalized spacial score (nSPS) is 12.5. The van der Waals surface area contributed by atoms with E-state index in [2.05, 4.69) is 20.8 Å². The fourth-order valence-electron chi connectivity index (χ4n) is 2.48. The third kappa shape index (κ3) is 4.18. The molecule has 0 N–H and O–H groups in total. The molecule has 130 valence electrons. The first-order valence-corrected chi connectivity index (χ1v) is 9.57. The van der Waals surface area contributed by atoms with Crippen molar-refractivity contribution in [3.8, 4) is 5.75 Å². The summed E-state index contributed by atoms with van der Waals surface area (Å²) in [4.78, 5) is 0.173. The molecule has 0 radical (unpaired) electrons. The van der Waals surface area contributed by atoms with Crippen molar-refractivity contribution >= 4 is 10.1 Å². The van der Waals surface area contributed by atoms with Gasteiger partial charge in [0.1, 0.15) is 10.6 Å². The van der Waals surface area contributed by atoms with Crippen LogP contribution in [0.15, 0.2) is 47.4 Å². The fraction of sp³-hybridized carbons (Fsp3) is 0.400. The van der Waals surface area contributed by atoms with Crippen LogP contribution in [0.25, 0.3) is 0 Å². The van der Waals surface area contributed by atoms with Gasteiger partial charge in [-0.3, -0.25) is 0 Å². The highest BCUT2D eigenvalue weighted by Crippen LogP contribution is 2.30. The zero-order valence-corrected chi connectivity index (χ0v) is 16.1. The van der Waals surface area contributed by atoms with Crippen LogP contribution in [0, 0.1) is 6.92 Å². The Morgan fingerprint density at radius 2 is 1.54 bits per heavy atom. The summed E-state index contributed by atoms with van der Waals surface area (Å²) in [6.07, 6.45) is 0. The monoisotopic (exact) mass is 346 g/mol. The van der Waals surface area contributed by atoms with Crippen molar-refractivity contribution in [3.05, 3.63) is 59.2 Å². The highest BCUT2D eigenvalue weighted by atomic mass is 32.2. The molecule has 0 unspecified atom stereocenters. The standard InChI is InChI=1S/C20H26O3S/c1-14(2)18-12-7-15(3)13-19(18)23-24(21,22)17-10-8-16(9-11-17)20(4,5)6/h7-14H,1-6H3. The Hall–Kier alpha value is -1.81. The van der Waals surface area contributed by atoms with E-state index in [-0.39, 0.29) is 16.2 Å². The molecule has 3 nitrogen and oxygen atoms in total. The molecule has 2 aromatic rings. The van der Waals surface area contributed by atoms with Gasteiger partial charge >= 0.3 is 10.1 Å². The number of aryl methyl sites for hydroxylation is 1. The van der Waals surface area contributed by atoms with Gasteiger partial charge in [-0.15, -0.1) is 0 Å². The molecule has 2 rings (SSSR count). The summed E-state index contributed by atoms with van der Waals surface area (Å²) in [6.45, 7) is 12.2. The van der Waals surface area contributed by atoms with Gasteiger partial charge < -0.3 is 4.18 Å². The van der Waals surface area contributed by atoms with Crippen LogP contribution in [-0.2, 0) is 15.5 Å². The van der Waals surface area contributed by atoms with Crippen LogP contribution in [0.3, 0.4) is 0 Å². The number of rotatable bonds is 4. The molecule has 0 aliphatic carbocycles. The van der Waals surface area contributed by atoms with E-state index >= 15 is 0 Å². The summed E-state index contributed by atoms with van der Waals surface area (Å²) in [6, 6.07) is 12.6. The molecule has 0 aliphatic heterocycles. The second-order valence-electron chi connectivity index (χ2n) is 7.51. The molecule has 0 bridgehead atoms. The molecule has 0 aromatic heterocycles. The number of hydrogen-bond donors (Lipinski definition) is 0. The van der Waals surface area contributed by atoms with Gasteiger partial charge in [0.15, 0.2) is 0 Å². The van der Waals surface area contributed by atoms with E-state index in [9.17, 15) is 8.42 Å². The predicted molar refractivity (Wildman–Crippen MR) is 98.2 cm³/mol. The molecule has 0 saturated carbocycles. The first-order chi connectivity index (χ1) is 11.0. The summed E-state index contributed by atoms with van der Waals surface area (Å²) < 4.78 is 30.7. The summed E-state index contributed by atoms with van der Waals surface area (Å²) in [5.74, 6) is 0.587. The minimum Gasteiger partial charge on any atom is -0.379 e. The Morgan fingerprint density at radius 3 is 2.04 bits per heavy atom. The molecule has 24 heavy (non-hydrogen) atoms. The van der Waals surface area contributed by atoms with Crippen LogP contribution in [0.4, 0.5) is 0 Å². The van der Waals surface area contributed by atoms with E-state index in [1.165, 1.54) is 0 Å². The molecule has 0 aliphatic rings. The smallest absolute Gasteiger partial charge is 0.339 e. The minimum absolute atomic E-state index is 0.0233. The van der Waals surface area contributed by atoms with Crippen molar-refractivity contribution in [2.24, 2.45) is 0 Å². The van der Waals surface area contributed by atoms with E-state index in [0.717, 1.165) is 16.7 Å². The molecular weight excluding hydrogens is 320 g/mol. The maximum Gasteiger partial charge on any atom is 0.339 e. The molecule has 0 heterocycles. The van der Waals surface area contributed by atoms with Crippen molar-refractivity contribution in [3.63, 3.8) is 0 Å². The molecule has 0 spiro atoms. The number of benzene rings is 2. The van der Waals surface area contributed by atoms with Crippen molar-refractivity contribution < 1.29 is 12.6 Å². The van der Waals surface area contributed by atoms with Crippen molar-refractivity contribution in [1.82, 2.24) is 0 Å². The first kappa shape index (κ1) is 18.5. The SMILES string of the molecule is Cc1ccc(C(C)C)c(OS(=O)(=O)c2ccc(C(C)(C)C)cc2)c1. The van der Waals surface area contributed by atoms with Crippen molar-refractivity contribution in [1.29, 1.82) is 0 Å². The van der Waals surface area contributed by atoms with Crippen LogP contribution < -0.4 is 4.18 Å². The lowest BCUT2D eigenvalue weighted by Crippen LogP contribution is -2.14. The van der Waals surface area contributed by atoms with Crippen molar-refractivity contribution in [2.75, 3.05) is 0 Å². The highest BCUT2D eigenvalue weighted by Gasteiger charge is 2.21. The predicted octanol–water partition coefficient (Wildman–Crippen LogP) is 5.18. The Morgan fingerprint density at radius 1 is 0.958 bits per heavy atom. The molecule has 0 atom stereocenters. The largest absolute Gasteiger partial charge is 0.379 e. The zero-order chi connectivity index (χ0) is 18.1. The van der Waals surface area contributed by atoms with Crippen LogP contribution in [-0.4, -0.2) is 8.42 Å². The van der Waals surface area contributed by atoms with Crippen LogP contribution in [0.2, 0.25) is 0 Å². The Balaban J connectivity index is 2.37. The average molecular weight is 346 g/mol. The summed E-state index contributed by atoms with van der Waals surface area (Å²) in [7, 11) is -3.85. The zero-order valence-electron chi connectivity index (χ0n) is 15.3. The van der Waals surface area contributed by atoms with Crippen LogP contribution in [0.5, 0.6) is 5.75 Å². The topological polar surface area (TPSA) is 43.4 Å². The van der Waals surface area contributed by atoms with Crippen LogP contribution >= 0.6 is 0 Å². The maximum atomic E-state index is 12.6. The van der Waals surface area contributed by atoms with Crippen LogP contribution in [0.1, 0.15) is 57.2 Å². The van der Waals surface area contributed by atoms with Gasteiger partial charge in [0, 0.05) is 0 Å². The van der Waals surface area contributed by atoms with E-state index in [0.29, 0.717) is 5.75 Å². The van der Waals surface area contributed by atoms with Crippen molar-refractivity contribution in [2.45, 2.75) is 57.8 Å². The molecule has 0 amide bonds. The van der Waals surface area contributed by atoms with E-state index in [1.807, 2.05) is 45.0 Å². The third-order valence-electron chi connectivity index (χ3n) is 4.00. The van der Waals surface area contributed by atoms with E-state index in [4.69, 9.17) is 4.18 Å². The number of hydrogen-bond acceptors (Lipinski definition) is 3. The lowest BCUT2D eigenvalue weighted by molar-refractivity contribution is 0.481. The maximum absolute atomic E-state index is 12.6. The summed E-state index contributed by atoms with van der Waals surface area (Å²) in [5.41, 5.74) is 2.91. The van der Waals surface area contributed by atoms with Gasteiger partial charge in [-0.05, 0) is 53.1 Å². The third-order valence-corrected chi connectivity index (χ3v) is 5.25. The lowest BCUT2D eigenvalue weighted by atomic mass is 9.87. The van der Waals surface area contributed by atoms with Gasteiger partial charge in [0.05, 0.1) is 0 Å². The van der Waals surface area contributed by atoms with E-state index < -0.39 is 10.1 Å². The van der Waals surface area contributed by atoms with Gasteiger partial charge in [-0.25, -0.2) is 0 Å². The fourth-order valence-corrected chi connectivity index (χ4v) is 3.42. The quantitative estimate of drug-likeness (QED) is 0.716. The summed E-state index contributed by atoms with van der Waals surface area (Å²) in [5, 5.41) is 0. The van der Waals surface area contributed by atoms with Gasteiger partial charge in [-0.2, -0.15) is 8.42 Å². The second-order valence-corrected chi connectivity index (χ2v) is 9.05. The lowest BCUT2D eigenvalue weighted by Gasteiger charge is -2.19. The Kier molecular flexibility index (Phi) is 5.09. The summed E-state index contributed by atoms with van der Waals surface area (Å²) >= 11 is 0. The minimum atomic E-state index is -3.85. The molecule has 0 saturated heterocycles. The molecule has 2 aromatic carbocycles. The average Bonchev–Trinajstić information content (AvgIpc) is 2.45. The van der Waals surface area contributed by atoms with Gasteiger partial charge in [0.25, 0.3) is 0 Å². The van der Waals surface area contributed by atoms with Gasteiger partial charge in [0.2, 0.25) is 0 Å². The van der Waals surface area contributed by atoms with E-state index in [1.54, 1.807) is 18.2 Å². The Bertz CT molecular complexity index is 811. The molecular formula is C20H26O3S. The molecule has 0 fully saturated rings. The second kappa shape index (κ2) is 6.60.